The van der Waals surface area contributed by atoms with Gasteiger partial charge in [0.1, 0.15) is 5.56 Å². The number of aryl methyl sites for hydroxylation is 2. The lowest BCUT2D eigenvalue weighted by Gasteiger charge is -2.11. The number of amides is 1. The monoisotopic (exact) mass is 371 g/mol. The fourth-order valence-electron chi connectivity index (χ4n) is 2.79. The molecule has 26 heavy (non-hydrogen) atoms. The van der Waals surface area contributed by atoms with Crippen LogP contribution in [0.3, 0.4) is 0 Å². The molecule has 1 aliphatic rings. The molecular formula is C19H21N3O3S. The molecule has 0 radical (unpaired) electrons. The molecule has 0 bridgehead atoms. The zero-order valence-electron chi connectivity index (χ0n) is 14.9. The first-order valence-electron chi connectivity index (χ1n) is 8.24. The predicted molar refractivity (Wildman–Crippen MR) is 104 cm³/mol. The van der Waals surface area contributed by atoms with Gasteiger partial charge in [0.2, 0.25) is 0 Å². The number of nitrogens with zero attached hydrogens (tertiary/aromatic N) is 1. The molecule has 0 saturated carbocycles. The van der Waals surface area contributed by atoms with Gasteiger partial charge in [-0.15, -0.1) is 0 Å². The maximum absolute atomic E-state index is 12.4. The maximum Gasteiger partial charge on any atom is 0.261 e. The Hall–Kier alpha value is -2.67. The molecule has 2 atom stereocenters. The lowest BCUT2D eigenvalue weighted by Crippen LogP contribution is -2.38. The van der Waals surface area contributed by atoms with Gasteiger partial charge in [0.25, 0.3) is 11.5 Å². The molecule has 0 spiro atoms. The van der Waals surface area contributed by atoms with Crippen molar-refractivity contribution in [1.29, 1.82) is 0 Å². The molecule has 0 fully saturated rings. The van der Waals surface area contributed by atoms with Crippen LogP contribution in [0.2, 0.25) is 0 Å². The van der Waals surface area contributed by atoms with E-state index in [0.717, 1.165) is 11.1 Å². The van der Waals surface area contributed by atoms with Crippen molar-refractivity contribution in [3.63, 3.8) is 0 Å². The van der Waals surface area contributed by atoms with Crippen molar-refractivity contribution < 1.29 is 9.00 Å². The Morgan fingerprint density at radius 1 is 1.23 bits per heavy atom. The van der Waals surface area contributed by atoms with E-state index in [2.05, 4.69) is 14.7 Å². The smallest absolute Gasteiger partial charge is 0.261 e. The summed E-state index contributed by atoms with van der Waals surface area (Å²) in [6, 6.07) is 8.76. The normalized spacial score (nSPS) is 21.6. The van der Waals surface area contributed by atoms with Gasteiger partial charge >= 0.3 is 0 Å². The molecule has 1 aromatic heterocycles. The lowest BCUT2D eigenvalue weighted by atomic mass is 10.0. The molecule has 0 saturated heterocycles. The van der Waals surface area contributed by atoms with Gasteiger partial charge in [0.05, 0.1) is 21.5 Å². The van der Waals surface area contributed by atoms with E-state index in [4.69, 9.17) is 0 Å². The van der Waals surface area contributed by atoms with Crippen LogP contribution in [-0.2, 0) is 9.73 Å². The summed E-state index contributed by atoms with van der Waals surface area (Å²) in [5.41, 5.74) is 3.41. The highest BCUT2D eigenvalue weighted by atomic mass is 32.2. The number of carbonyl (C=O) groups excluding carboxylic acids is 1. The summed E-state index contributed by atoms with van der Waals surface area (Å²) in [6.07, 6.45) is 1.66. The highest BCUT2D eigenvalue weighted by Crippen LogP contribution is 2.19. The van der Waals surface area contributed by atoms with Crippen molar-refractivity contribution in [3.8, 4) is 11.3 Å². The number of aromatic amines is 1. The van der Waals surface area contributed by atoms with E-state index >= 15 is 0 Å². The average Bonchev–Trinajstić information content (AvgIpc) is 2.98. The van der Waals surface area contributed by atoms with E-state index in [1.807, 2.05) is 32.0 Å². The van der Waals surface area contributed by atoms with Gasteiger partial charge in [0.15, 0.2) is 0 Å². The number of hydrogen-bond acceptors (Lipinski definition) is 4. The zero-order valence-corrected chi connectivity index (χ0v) is 15.7. The van der Waals surface area contributed by atoms with E-state index in [9.17, 15) is 13.8 Å². The van der Waals surface area contributed by atoms with Crippen molar-refractivity contribution in [2.75, 3.05) is 12.8 Å². The molecule has 2 aromatic rings. The summed E-state index contributed by atoms with van der Waals surface area (Å²) < 4.78 is 16.0. The molecule has 2 unspecified atom stereocenters. The van der Waals surface area contributed by atoms with Gasteiger partial charge in [-0.25, -0.2) is 8.57 Å². The third-order valence-electron chi connectivity index (χ3n) is 4.54. The van der Waals surface area contributed by atoms with Gasteiger partial charge in [-0.2, -0.15) is 0 Å². The Labute approximate surface area is 152 Å². The second-order valence-corrected chi connectivity index (χ2v) is 8.71. The fourth-order valence-corrected chi connectivity index (χ4v) is 4.31. The second-order valence-electron chi connectivity index (χ2n) is 6.36. The molecule has 136 valence electrons. The largest absolute Gasteiger partial charge is 0.345 e. The number of aromatic nitrogens is 1. The van der Waals surface area contributed by atoms with Crippen molar-refractivity contribution in [2.24, 2.45) is 4.36 Å². The van der Waals surface area contributed by atoms with Crippen LogP contribution >= 0.6 is 0 Å². The van der Waals surface area contributed by atoms with Gasteiger partial charge < -0.3 is 10.3 Å². The molecule has 1 aromatic carbocycles. The number of hydrogen-bond donors (Lipinski definition) is 2. The third kappa shape index (κ3) is 3.62. The first-order chi connectivity index (χ1) is 12.3. The van der Waals surface area contributed by atoms with Crippen molar-refractivity contribution in [1.82, 2.24) is 10.3 Å². The van der Waals surface area contributed by atoms with E-state index in [0.29, 0.717) is 5.69 Å². The number of pyridine rings is 1. The van der Waals surface area contributed by atoms with Gasteiger partial charge in [-0.3, -0.25) is 9.59 Å². The molecule has 6 nitrogen and oxygen atoms in total. The van der Waals surface area contributed by atoms with Crippen molar-refractivity contribution in [3.05, 3.63) is 68.9 Å². The number of H-pyrrole nitrogens is 1. The molecule has 1 amide bonds. The lowest BCUT2D eigenvalue weighted by molar-refractivity contribution is 0.0946. The van der Waals surface area contributed by atoms with E-state index < -0.39 is 27.2 Å². The van der Waals surface area contributed by atoms with Crippen LogP contribution in [0.5, 0.6) is 0 Å². The molecule has 0 aliphatic carbocycles. The number of rotatable bonds is 3. The van der Waals surface area contributed by atoms with Gasteiger partial charge in [-0.1, -0.05) is 18.2 Å². The second kappa shape index (κ2) is 6.92. The summed E-state index contributed by atoms with van der Waals surface area (Å²) in [7, 11) is -0.892. The summed E-state index contributed by atoms with van der Waals surface area (Å²) in [4.78, 5) is 27.5. The average molecular weight is 371 g/mol. The molecule has 1 aliphatic heterocycles. The number of benzene rings is 1. The minimum Gasteiger partial charge on any atom is -0.345 e. The standard InChI is InChI=1S/C19H21N3O3S/c1-12-4-5-14(10-13(12)2)17-7-6-16(19(24)22-17)18(23)21-15-8-9-26(25,11-15)20-3/h4-10,15H,11H2,1-3H3,(H,21,23)(H,22,24). The minimum atomic E-state index is -2.39. The predicted octanol–water partition coefficient (Wildman–Crippen LogP) is 2.38. The minimum absolute atomic E-state index is 0.0258. The Balaban J connectivity index is 1.81. The van der Waals surface area contributed by atoms with Gasteiger partial charge in [0, 0.05) is 18.1 Å². The highest BCUT2D eigenvalue weighted by molar-refractivity contribution is 7.96. The quantitative estimate of drug-likeness (QED) is 0.868. The topological polar surface area (TPSA) is 91.4 Å². The van der Waals surface area contributed by atoms with Crippen LogP contribution in [0.4, 0.5) is 0 Å². The Morgan fingerprint density at radius 3 is 2.62 bits per heavy atom. The SMILES string of the molecule is CN=S1(=O)C=CC(NC(=O)c2ccc(-c3ccc(C)c(C)c3)[nH]c2=O)C1. The molecular weight excluding hydrogens is 350 g/mol. The van der Waals surface area contributed by atoms with Crippen molar-refractivity contribution in [2.45, 2.75) is 19.9 Å². The summed E-state index contributed by atoms with van der Waals surface area (Å²) >= 11 is 0. The number of carbonyl (C=O) groups is 1. The molecule has 7 heteroatoms. The van der Waals surface area contributed by atoms with Crippen LogP contribution in [0.15, 0.2) is 51.0 Å². The Morgan fingerprint density at radius 2 is 2.00 bits per heavy atom. The van der Waals surface area contributed by atoms with Crippen LogP contribution in [0.1, 0.15) is 21.5 Å². The first kappa shape index (κ1) is 18.1. The molecule has 2 heterocycles. The van der Waals surface area contributed by atoms with E-state index in [1.54, 1.807) is 12.1 Å². The summed E-state index contributed by atoms with van der Waals surface area (Å²) in [5, 5.41) is 4.24. The molecule has 3 rings (SSSR count). The third-order valence-corrected chi connectivity index (χ3v) is 6.58. The van der Waals surface area contributed by atoms with Crippen LogP contribution < -0.4 is 10.9 Å². The van der Waals surface area contributed by atoms with Crippen LogP contribution in [0, 0.1) is 13.8 Å². The Kier molecular flexibility index (Phi) is 4.82. The first-order valence-corrected chi connectivity index (χ1v) is 9.99. The fraction of sp³-hybridized carbons (Fsp3) is 0.263. The number of nitrogens with one attached hydrogen (secondary N) is 2. The van der Waals surface area contributed by atoms with Crippen LogP contribution in [-0.4, -0.2) is 33.9 Å². The highest BCUT2D eigenvalue weighted by Gasteiger charge is 2.23. The molecule has 2 N–H and O–H groups in total. The van der Waals surface area contributed by atoms with Crippen LogP contribution in [0.25, 0.3) is 11.3 Å². The van der Waals surface area contributed by atoms with Gasteiger partial charge in [-0.05, 0) is 48.7 Å². The maximum atomic E-state index is 12.4. The van der Waals surface area contributed by atoms with E-state index in [1.165, 1.54) is 24.1 Å². The van der Waals surface area contributed by atoms with E-state index in [-0.39, 0.29) is 11.3 Å². The Bertz CT molecular complexity index is 1080. The summed E-state index contributed by atoms with van der Waals surface area (Å²) in [5.74, 6) is -0.263. The summed E-state index contributed by atoms with van der Waals surface area (Å²) in [6.45, 7) is 4.03. The van der Waals surface area contributed by atoms with Crippen molar-refractivity contribution >= 4 is 15.6 Å². The zero-order chi connectivity index (χ0) is 18.9.